The lowest BCUT2D eigenvalue weighted by Crippen LogP contribution is -2.45. The highest BCUT2D eigenvalue weighted by Gasteiger charge is 2.18. The molecule has 2 heterocycles. The highest BCUT2D eigenvalue weighted by molar-refractivity contribution is 6.41. The van der Waals surface area contributed by atoms with Gasteiger partial charge in [-0.15, -0.1) is 0 Å². The molecule has 6 nitrogen and oxygen atoms in total. The first-order chi connectivity index (χ1) is 14.0. The fraction of sp³-hybridized carbons (Fsp3) is 0.476. The number of guanidine groups is 1. The summed E-state index contributed by atoms with van der Waals surface area (Å²) in [7, 11) is 1.86. The number of halogens is 2. The van der Waals surface area contributed by atoms with E-state index in [4.69, 9.17) is 23.2 Å². The molecule has 1 aliphatic heterocycles. The predicted molar refractivity (Wildman–Crippen MR) is 120 cm³/mol. The Morgan fingerprint density at radius 1 is 1.24 bits per heavy atom. The Hall–Kier alpha value is -1.73. The summed E-state index contributed by atoms with van der Waals surface area (Å²) in [5, 5.41) is 18.0. The van der Waals surface area contributed by atoms with Gasteiger partial charge in [0.15, 0.2) is 5.96 Å². The Bertz CT molecular complexity index is 852. The van der Waals surface area contributed by atoms with E-state index in [-0.39, 0.29) is 0 Å². The number of aliphatic hydroxyl groups is 1. The molecule has 0 spiro atoms. The Kier molecular flexibility index (Phi) is 7.84. The lowest BCUT2D eigenvalue weighted by Gasteiger charge is -2.30. The average Bonchev–Trinajstić information content (AvgIpc) is 2.96. The molecule has 29 heavy (non-hydrogen) atoms. The molecule has 1 aliphatic rings. The third-order valence-corrected chi connectivity index (χ3v) is 5.98. The van der Waals surface area contributed by atoms with Gasteiger partial charge in [-0.2, -0.15) is 0 Å². The van der Waals surface area contributed by atoms with E-state index in [2.05, 4.69) is 44.8 Å². The molecule has 1 unspecified atom stereocenters. The Morgan fingerprint density at radius 2 is 2.00 bits per heavy atom. The normalized spacial score (nSPS) is 15.8. The summed E-state index contributed by atoms with van der Waals surface area (Å²) >= 11 is 12.2. The minimum Gasteiger partial charge on any atom is -0.390 e. The summed E-state index contributed by atoms with van der Waals surface area (Å²) in [5.74, 6) is 0.656. The van der Waals surface area contributed by atoms with E-state index in [0.717, 1.165) is 31.7 Å². The van der Waals surface area contributed by atoms with Crippen LogP contribution in [-0.4, -0.2) is 52.8 Å². The lowest BCUT2D eigenvalue weighted by atomic mass is 10.00. The smallest absolute Gasteiger partial charge is 0.191 e. The summed E-state index contributed by atoms with van der Waals surface area (Å²) < 4.78 is 1.82. The number of aliphatic imine (C=N–C) groups is 1. The molecule has 1 aromatic heterocycles. The zero-order valence-corrected chi connectivity index (χ0v) is 18.5. The number of aliphatic hydroxyl groups excluding tert-OH is 1. The molecule has 0 amide bonds. The molecule has 3 rings (SSSR count). The summed E-state index contributed by atoms with van der Waals surface area (Å²) in [6.45, 7) is 6.10. The molecular formula is C21H29Cl2N5O. The van der Waals surface area contributed by atoms with Crippen LogP contribution in [0.15, 0.2) is 35.3 Å². The average molecular weight is 438 g/mol. The van der Waals surface area contributed by atoms with Gasteiger partial charge in [0.05, 0.1) is 17.7 Å². The largest absolute Gasteiger partial charge is 0.390 e. The van der Waals surface area contributed by atoms with Crippen LogP contribution in [0, 0.1) is 0 Å². The van der Waals surface area contributed by atoms with Gasteiger partial charge in [-0.1, -0.05) is 47.5 Å². The molecule has 158 valence electrons. The van der Waals surface area contributed by atoms with E-state index in [1.165, 1.54) is 11.1 Å². The zero-order chi connectivity index (χ0) is 20.8. The number of nitrogens with zero attached hydrogens (tertiary/aromatic N) is 3. The van der Waals surface area contributed by atoms with E-state index in [1.807, 2.05) is 24.6 Å². The van der Waals surface area contributed by atoms with Gasteiger partial charge in [-0.05, 0) is 30.5 Å². The maximum absolute atomic E-state index is 10.5. The van der Waals surface area contributed by atoms with Crippen molar-refractivity contribution in [1.29, 1.82) is 0 Å². The van der Waals surface area contributed by atoms with Gasteiger partial charge in [0, 0.05) is 45.5 Å². The van der Waals surface area contributed by atoms with Gasteiger partial charge in [0.1, 0.15) is 5.15 Å². The van der Waals surface area contributed by atoms with E-state index >= 15 is 0 Å². The molecule has 0 aliphatic carbocycles. The monoisotopic (exact) mass is 437 g/mol. The van der Waals surface area contributed by atoms with E-state index in [0.29, 0.717) is 35.8 Å². The molecule has 8 heteroatoms. The van der Waals surface area contributed by atoms with Crippen molar-refractivity contribution in [3.05, 3.63) is 57.3 Å². The van der Waals surface area contributed by atoms with Crippen LogP contribution in [0.2, 0.25) is 10.2 Å². The quantitative estimate of drug-likeness (QED) is 0.460. The van der Waals surface area contributed by atoms with E-state index < -0.39 is 6.10 Å². The summed E-state index contributed by atoms with van der Waals surface area (Å²) in [4.78, 5) is 6.88. The number of fused-ring (bicyclic) bond motifs is 1. The highest BCUT2D eigenvalue weighted by atomic mass is 35.5. The number of nitrogens with one attached hydrogen (secondary N) is 2. The van der Waals surface area contributed by atoms with Crippen molar-refractivity contribution in [1.82, 2.24) is 20.1 Å². The number of hydrogen-bond donors (Lipinski definition) is 3. The maximum atomic E-state index is 10.5. The van der Waals surface area contributed by atoms with Gasteiger partial charge in [-0.25, -0.2) is 4.99 Å². The molecule has 0 saturated carbocycles. The first-order valence-electron chi connectivity index (χ1n) is 9.97. The van der Waals surface area contributed by atoms with Crippen LogP contribution in [0.25, 0.3) is 0 Å². The standard InChI is InChI=1S/C21H29Cl2N5O/c1-3-24-21(25-11-17-10-19(22)20(23)27(17)2)26-12-18(29)14-28-9-8-15-6-4-5-7-16(15)13-28/h4-7,10,18,29H,3,8-9,11-14H2,1-2H3,(H2,24,25,26). The Balaban J connectivity index is 1.51. The van der Waals surface area contributed by atoms with Crippen molar-refractivity contribution in [2.45, 2.75) is 32.5 Å². The van der Waals surface area contributed by atoms with Crippen molar-refractivity contribution >= 4 is 29.2 Å². The second-order valence-electron chi connectivity index (χ2n) is 7.32. The van der Waals surface area contributed by atoms with Gasteiger partial charge in [-0.3, -0.25) is 4.90 Å². The molecule has 0 radical (unpaired) electrons. The molecule has 2 aromatic rings. The molecular weight excluding hydrogens is 409 g/mol. The van der Waals surface area contributed by atoms with Crippen LogP contribution in [-0.2, 0) is 26.6 Å². The maximum Gasteiger partial charge on any atom is 0.191 e. The fourth-order valence-corrected chi connectivity index (χ4v) is 3.95. The first kappa shape index (κ1) is 22.0. The number of β-amino-alcohol motifs (C(OH)–C–C–N with tert-alkyl or cyclic N) is 1. The third-order valence-electron chi connectivity index (χ3n) is 5.14. The fourth-order valence-electron chi connectivity index (χ4n) is 3.53. The second kappa shape index (κ2) is 10.3. The molecule has 0 bridgehead atoms. The van der Waals surface area contributed by atoms with Crippen LogP contribution in [0.5, 0.6) is 0 Å². The minimum absolute atomic E-state index is 0.429. The number of benzene rings is 1. The Morgan fingerprint density at radius 3 is 2.69 bits per heavy atom. The number of rotatable bonds is 7. The minimum atomic E-state index is -0.483. The number of hydrogen-bond acceptors (Lipinski definition) is 3. The van der Waals surface area contributed by atoms with Crippen molar-refractivity contribution in [3.8, 4) is 0 Å². The van der Waals surface area contributed by atoms with Crippen LogP contribution in [0.4, 0.5) is 0 Å². The van der Waals surface area contributed by atoms with Gasteiger partial charge in [0.25, 0.3) is 0 Å². The van der Waals surface area contributed by atoms with E-state index in [9.17, 15) is 5.11 Å². The summed E-state index contributed by atoms with van der Waals surface area (Å²) in [6.07, 6.45) is 0.547. The molecule has 0 saturated heterocycles. The Labute approximate surface area is 182 Å². The first-order valence-corrected chi connectivity index (χ1v) is 10.7. The number of aromatic nitrogens is 1. The predicted octanol–water partition coefficient (Wildman–Crippen LogP) is 2.81. The van der Waals surface area contributed by atoms with Crippen LogP contribution < -0.4 is 10.6 Å². The molecule has 1 aromatic carbocycles. The van der Waals surface area contributed by atoms with Crippen molar-refractivity contribution in [3.63, 3.8) is 0 Å². The molecule has 0 fully saturated rings. The van der Waals surface area contributed by atoms with Crippen LogP contribution in [0.3, 0.4) is 0 Å². The topological polar surface area (TPSA) is 64.8 Å². The molecule has 3 N–H and O–H groups in total. The SMILES string of the molecule is CCNC(=NCc1cc(Cl)c(Cl)n1C)NCC(O)CN1CCc2ccccc2C1. The van der Waals surface area contributed by atoms with Gasteiger partial charge < -0.3 is 20.3 Å². The van der Waals surface area contributed by atoms with Gasteiger partial charge >= 0.3 is 0 Å². The molecule has 1 atom stereocenters. The zero-order valence-electron chi connectivity index (χ0n) is 17.0. The van der Waals surface area contributed by atoms with Gasteiger partial charge in [0.2, 0.25) is 0 Å². The lowest BCUT2D eigenvalue weighted by molar-refractivity contribution is 0.108. The van der Waals surface area contributed by atoms with Crippen molar-refractivity contribution < 1.29 is 5.11 Å². The second-order valence-corrected chi connectivity index (χ2v) is 8.08. The van der Waals surface area contributed by atoms with Crippen molar-refractivity contribution in [2.24, 2.45) is 12.0 Å². The van der Waals surface area contributed by atoms with Crippen molar-refractivity contribution in [2.75, 3.05) is 26.2 Å². The highest BCUT2D eigenvalue weighted by Crippen LogP contribution is 2.25. The van der Waals surface area contributed by atoms with Crippen LogP contribution in [0.1, 0.15) is 23.7 Å². The van der Waals surface area contributed by atoms with E-state index in [1.54, 1.807) is 0 Å². The van der Waals surface area contributed by atoms with Crippen LogP contribution >= 0.6 is 23.2 Å². The summed E-state index contributed by atoms with van der Waals surface area (Å²) in [5.41, 5.74) is 3.69. The third kappa shape index (κ3) is 5.89. The summed E-state index contributed by atoms with van der Waals surface area (Å²) in [6, 6.07) is 10.3.